The van der Waals surface area contributed by atoms with Crippen molar-refractivity contribution in [3.05, 3.63) is 17.5 Å². The first-order valence-electron chi connectivity index (χ1n) is 5.68. The number of nitrogens with zero attached hydrogens (tertiary/aromatic N) is 2. The molecule has 110 valence electrons. The molecule has 0 aromatic carbocycles. The zero-order chi connectivity index (χ0) is 15.0. The minimum atomic E-state index is -1.45. The normalized spacial score (nSPS) is 29.6. The zero-order valence-corrected chi connectivity index (χ0v) is 10.2. The fourth-order valence-electron chi connectivity index (χ4n) is 1.97. The lowest BCUT2D eigenvalue weighted by molar-refractivity contribution is -0.0594. The summed E-state index contributed by atoms with van der Waals surface area (Å²) in [6.07, 6.45) is -5.13. The first-order chi connectivity index (χ1) is 9.36. The van der Waals surface area contributed by atoms with Gasteiger partial charge in [0.15, 0.2) is 11.9 Å². The number of amides is 2. The van der Waals surface area contributed by atoms with Crippen LogP contribution in [0.25, 0.3) is 0 Å². The molecule has 0 radical (unpaired) electrons. The number of nitrogens with two attached hydrogens (primary N) is 2. The monoisotopic (exact) mass is 286 g/mol. The first kappa shape index (κ1) is 14.4. The van der Waals surface area contributed by atoms with E-state index in [0.717, 1.165) is 10.7 Å². The number of hydrogen-bond acceptors (Lipinski definition) is 7. The third-order valence-electron chi connectivity index (χ3n) is 3.00. The molecule has 4 atom stereocenters. The molecular weight excluding hydrogens is 272 g/mol. The second-order valence-electron chi connectivity index (χ2n) is 4.32. The number of aromatic nitrogens is 2. The fraction of sp³-hybridized carbons (Fsp3) is 0.500. The maximum Gasteiger partial charge on any atom is 0.269 e. The van der Waals surface area contributed by atoms with E-state index in [4.69, 9.17) is 21.3 Å². The van der Waals surface area contributed by atoms with Crippen LogP contribution in [0.3, 0.4) is 0 Å². The van der Waals surface area contributed by atoms with Gasteiger partial charge in [0, 0.05) is 6.07 Å². The lowest BCUT2D eigenvalue weighted by atomic mass is 10.1. The molecule has 1 aromatic rings. The van der Waals surface area contributed by atoms with Gasteiger partial charge in [-0.2, -0.15) is 5.10 Å². The molecule has 1 aromatic heterocycles. The molecule has 4 unspecified atom stereocenters. The highest BCUT2D eigenvalue weighted by molar-refractivity contribution is 5.96. The molecule has 2 heterocycles. The number of carbonyl (C=O) groups excluding carboxylic acids is 2. The fourth-order valence-corrected chi connectivity index (χ4v) is 1.97. The van der Waals surface area contributed by atoms with Crippen molar-refractivity contribution in [1.82, 2.24) is 9.78 Å². The van der Waals surface area contributed by atoms with E-state index in [1.54, 1.807) is 0 Å². The van der Waals surface area contributed by atoms with Crippen LogP contribution in [0.15, 0.2) is 6.07 Å². The number of aliphatic hydroxyl groups is 3. The molecule has 1 aliphatic heterocycles. The van der Waals surface area contributed by atoms with E-state index in [1.165, 1.54) is 0 Å². The highest BCUT2D eigenvalue weighted by Crippen LogP contribution is 2.30. The van der Waals surface area contributed by atoms with E-state index < -0.39 is 43.0 Å². The largest absolute Gasteiger partial charge is 0.394 e. The maximum atomic E-state index is 11.3. The predicted octanol–water partition coefficient (Wildman–Crippen LogP) is -3.31. The van der Waals surface area contributed by atoms with Crippen LogP contribution in [0, 0.1) is 0 Å². The summed E-state index contributed by atoms with van der Waals surface area (Å²) >= 11 is 0. The van der Waals surface area contributed by atoms with Crippen LogP contribution in [0.5, 0.6) is 0 Å². The van der Waals surface area contributed by atoms with Crippen LogP contribution in [-0.4, -0.2) is 61.8 Å². The van der Waals surface area contributed by atoms with Crippen molar-refractivity contribution in [1.29, 1.82) is 0 Å². The van der Waals surface area contributed by atoms with Gasteiger partial charge in [0.05, 0.1) is 6.61 Å². The quantitative estimate of drug-likeness (QED) is 0.385. The van der Waals surface area contributed by atoms with E-state index in [-0.39, 0.29) is 11.4 Å². The third kappa shape index (κ3) is 2.25. The number of aliphatic hydroxyl groups excluding tert-OH is 3. The molecule has 7 N–H and O–H groups in total. The molecule has 10 heteroatoms. The van der Waals surface area contributed by atoms with Crippen molar-refractivity contribution < 1.29 is 29.6 Å². The Morgan fingerprint density at radius 2 is 1.95 bits per heavy atom. The molecule has 0 aliphatic carbocycles. The van der Waals surface area contributed by atoms with Gasteiger partial charge >= 0.3 is 0 Å². The summed E-state index contributed by atoms with van der Waals surface area (Å²) in [5, 5.41) is 32.2. The van der Waals surface area contributed by atoms with Crippen LogP contribution < -0.4 is 11.5 Å². The van der Waals surface area contributed by atoms with E-state index in [9.17, 15) is 19.8 Å². The van der Waals surface area contributed by atoms with Gasteiger partial charge < -0.3 is 31.5 Å². The number of carbonyl (C=O) groups is 2. The van der Waals surface area contributed by atoms with E-state index >= 15 is 0 Å². The van der Waals surface area contributed by atoms with Crippen LogP contribution in [-0.2, 0) is 4.74 Å². The van der Waals surface area contributed by atoms with Crippen LogP contribution in [0.2, 0.25) is 0 Å². The van der Waals surface area contributed by atoms with Gasteiger partial charge in [-0.05, 0) is 0 Å². The number of primary amides is 2. The van der Waals surface area contributed by atoms with E-state index in [0.29, 0.717) is 0 Å². The SMILES string of the molecule is NC(=O)c1cc(C(N)=O)n(C2OC(CO)C(O)C2O)n1. The van der Waals surface area contributed by atoms with Gasteiger partial charge in [0.25, 0.3) is 11.8 Å². The van der Waals surface area contributed by atoms with Crippen molar-refractivity contribution in [3.63, 3.8) is 0 Å². The van der Waals surface area contributed by atoms with Crippen molar-refractivity contribution in [3.8, 4) is 0 Å². The summed E-state index contributed by atoms with van der Waals surface area (Å²) in [7, 11) is 0. The Labute approximate surface area is 112 Å². The highest BCUT2D eigenvalue weighted by atomic mass is 16.6. The molecular formula is C10H14N4O6. The van der Waals surface area contributed by atoms with E-state index in [1.807, 2.05) is 0 Å². The summed E-state index contributed by atoms with van der Waals surface area (Å²) in [4.78, 5) is 22.4. The summed E-state index contributed by atoms with van der Waals surface area (Å²) in [6.45, 7) is -0.537. The third-order valence-corrected chi connectivity index (χ3v) is 3.00. The molecule has 0 spiro atoms. The maximum absolute atomic E-state index is 11.3. The molecule has 2 amide bonds. The Bertz CT molecular complexity index is 544. The van der Waals surface area contributed by atoms with Crippen molar-refractivity contribution in [2.24, 2.45) is 11.5 Å². The molecule has 1 fully saturated rings. The van der Waals surface area contributed by atoms with Gasteiger partial charge in [-0.1, -0.05) is 0 Å². The Morgan fingerprint density at radius 1 is 1.30 bits per heavy atom. The summed E-state index contributed by atoms with van der Waals surface area (Å²) in [5.41, 5.74) is 9.74. The topological polar surface area (TPSA) is 174 Å². The van der Waals surface area contributed by atoms with Gasteiger partial charge in [0.2, 0.25) is 0 Å². The zero-order valence-electron chi connectivity index (χ0n) is 10.2. The van der Waals surface area contributed by atoms with Crippen LogP contribution >= 0.6 is 0 Å². The summed E-state index contributed by atoms with van der Waals surface area (Å²) < 4.78 is 6.06. The van der Waals surface area contributed by atoms with Gasteiger partial charge in [0.1, 0.15) is 24.0 Å². The molecule has 20 heavy (non-hydrogen) atoms. The highest BCUT2D eigenvalue weighted by Gasteiger charge is 2.45. The Kier molecular flexibility index (Phi) is 3.72. The standard InChI is InChI=1S/C10H14N4O6/c11-8(18)3-1-4(9(12)19)14(13-3)10-7(17)6(16)5(2-15)20-10/h1,5-7,10,15-17H,2H2,(H2,11,18)(H2,12,19). The Hall–Kier alpha value is -2.01. The number of hydrogen-bond donors (Lipinski definition) is 5. The van der Waals surface area contributed by atoms with Crippen molar-refractivity contribution in [2.75, 3.05) is 6.61 Å². The second kappa shape index (κ2) is 5.17. The van der Waals surface area contributed by atoms with Crippen molar-refractivity contribution in [2.45, 2.75) is 24.5 Å². The predicted molar refractivity (Wildman–Crippen MR) is 62.3 cm³/mol. The number of ether oxygens (including phenoxy) is 1. The average molecular weight is 286 g/mol. The summed E-state index contributed by atoms with van der Waals surface area (Å²) in [5.74, 6) is -1.80. The molecule has 0 saturated carbocycles. The van der Waals surface area contributed by atoms with Gasteiger partial charge in [-0.3, -0.25) is 9.59 Å². The first-order valence-corrected chi connectivity index (χ1v) is 5.68. The molecule has 10 nitrogen and oxygen atoms in total. The minimum Gasteiger partial charge on any atom is -0.394 e. The van der Waals surface area contributed by atoms with Crippen molar-refractivity contribution >= 4 is 11.8 Å². The lowest BCUT2D eigenvalue weighted by Crippen LogP contribution is -2.34. The molecule has 0 bridgehead atoms. The smallest absolute Gasteiger partial charge is 0.269 e. The van der Waals surface area contributed by atoms with Crippen LogP contribution in [0.1, 0.15) is 27.2 Å². The molecule has 1 saturated heterocycles. The Morgan fingerprint density at radius 3 is 2.40 bits per heavy atom. The molecule has 1 aliphatic rings. The average Bonchev–Trinajstić information content (AvgIpc) is 2.93. The Balaban J connectivity index is 2.42. The number of rotatable bonds is 4. The van der Waals surface area contributed by atoms with Gasteiger partial charge in [-0.15, -0.1) is 0 Å². The van der Waals surface area contributed by atoms with Gasteiger partial charge in [-0.25, -0.2) is 4.68 Å². The second-order valence-corrected chi connectivity index (χ2v) is 4.32. The minimum absolute atomic E-state index is 0.214. The van der Waals surface area contributed by atoms with E-state index in [2.05, 4.69) is 5.10 Å². The summed E-state index contributed by atoms with van der Waals surface area (Å²) in [6, 6.07) is 1.05. The molecule has 2 rings (SSSR count). The lowest BCUT2D eigenvalue weighted by Gasteiger charge is -2.16. The van der Waals surface area contributed by atoms with Crippen LogP contribution in [0.4, 0.5) is 0 Å².